The molecule has 0 amide bonds. The molecule has 1 unspecified atom stereocenters. The van der Waals surface area contributed by atoms with Crippen molar-refractivity contribution in [3.8, 4) is 0 Å². The van der Waals surface area contributed by atoms with Gasteiger partial charge in [-0.2, -0.15) is 0 Å². The Morgan fingerprint density at radius 2 is 1.95 bits per heavy atom. The standard InChI is InChI=1S/C15H23Cl2N2/c1-2-4-19(5-3-12(9-18)10-19)11-13-6-14(16)8-15(17)7-13/h6-8,12H,2-5,9-11,18H2,1H3/q+1/t12-,19?/m1/s1. The van der Waals surface area contributed by atoms with E-state index >= 15 is 0 Å². The van der Waals surface area contributed by atoms with Gasteiger partial charge < -0.3 is 10.2 Å². The lowest BCUT2D eigenvalue weighted by atomic mass is 10.1. The molecule has 1 fully saturated rings. The van der Waals surface area contributed by atoms with Gasteiger partial charge in [0.15, 0.2) is 0 Å². The second-order valence-corrected chi connectivity index (χ2v) is 6.67. The topological polar surface area (TPSA) is 26.0 Å². The summed E-state index contributed by atoms with van der Waals surface area (Å²) in [6, 6.07) is 5.88. The summed E-state index contributed by atoms with van der Waals surface area (Å²) in [4.78, 5) is 0. The SMILES string of the molecule is CCC[N+]1(Cc2cc(Cl)cc(Cl)c2)CC[C@H](CN)C1. The number of likely N-dealkylation sites (tertiary alicyclic amines) is 1. The van der Waals surface area contributed by atoms with Gasteiger partial charge in [0.1, 0.15) is 6.54 Å². The molecule has 106 valence electrons. The summed E-state index contributed by atoms with van der Waals surface area (Å²) in [6.45, 7) is 7.69. The van der Waals surface area contributed by atoms with Crippen molar-refractivity contribution in [2.75, 3.05) is 26.2 Å². The van der Waals surface area contributed by atoms with Gasteiger partial charge in [0.2, 0.25) is 0 Å². The third kappa shape index (κ3) is 3.85. The Bertz CT molecular complexity index is 416. The Kier molecular flexibility index (Phi) is 5.13. The lowest BCUT2D eigenvalue weighted by Crippen LogP contribution is -2.46. The normalized spacial score (nSPS) is 26.8. The molecule has 2 atom stereocenters. The van der Waals surface area contributed by atoms with Crippen LogP contribution in [0.15, 0.2) is 18.2 Å². The first-order valence-electron chi connectivity index (χ1n) is 7.07. The van der Waals surface area contributed by atoms with Crippen LogP contribution in [0.3, 0.4) is 0 Å². The minimum Gasteiger partial charge on any atom is -0.330 e. The first kappa shape index (κ1) is 15.1. The molecule has 1 aromatic carbocycles. The summed E-state index contributed by atoms with van der Waals surface area (Å²) in [5.74, 6) is 0.668. The fourth-order valence-corrected chi connectivity index (χ4v) is 3.94. The van der Waals surface area contributed by atoms with E-state index in [1.54, 1.807) is 6.07 Å². The number of hydrogen-bond donors (Lipinski definition) is 1. The fraction of sp³-hybridized carbons (Fsp3) is 0.600. The maximum Gasteiger partial charge on any atom is 0.104 e. The third-order valence-electron chi connectivity index (χ3n) is 4.13. The van der Waals surface area contributed by atoms with Crippen molar-refractivity contribution < 1.29 is 4.48 Å². The minimum atomic E-state index is 0.668. The van der Waals surface area contributed by atoms with Crippen LogP contribution in [-0.2, 0) is 6.54 Å². The average molecular weight is 302 g/mol. The van der Waals surface area contributed by atoms with Crippen molar-refractivity contribution in [2.24, 2.45) is 11.7 Å². The summed E-state index contributed by atoms with van der Waals surface area (Å²) in [7, 11) is 0. The second-order valence-electron chi connectivity index (χ2n) is 5.80. The smallest absolute Gasteiger partial charge is 0.104 e. The van der Waals surface area contributed by atoms with Crippen molar-refractivity contribution in [1.82, 2.24) is 0 Å². The van der Waals surface area contributed by atoms with Crippen LogP contribution in [0.4, 0.5) is 0 Å². The molecule has 0 spiro atoms. The van der Waals surface area contributed by atoms with E-state index in [0.29, 0.717) is 5.92 Å². The number of rotatable bonds is 5. The summed E-state index contributed by atoms with van der Waals surface area (Å²) >= 11 is 12.2. The van der Waals surface area contributed by atoms with E-state index < -0.39 is 0 Å². The lowest BCUT2D eigenvalue weighted by Gasteiger charge is -2.34. The van der Waals surface area contributed by atoms with Crippen molar-refractivity contribution in [2.45, 2.75) is 26.3 Å². The molecule has 2 N–H and O–H groups in total. The molecule has 1 aliphatic heterocycles. The number of nitrogens with zero attached hydrogens (tertiary/aromatic N) is 1. The van der Waals surface area contributed by atoms with Gasteiger partial charge in [0.05, 0.1) is 19.6 Å². The number of quaternary nitrogens is 1. The van der Waals surface area contributed by atoms with Gasteiger partial charge in [0, 0.05) is 34.5 Å². The van der Waals surface area contributed by atoms with E-state index in [0.717, 1.165) is 27.6 Å². The zero-order valence-electron chi connectivity index (χ0n) is 11.5. The first-order chi connectivity index (χ1) is 9.07. The molecule has 2 nitrogen and oxygen atoms in total. The van der Waals surface area contributed by atoms with E-state index in [1.807, 2.05) is 12.1 Å². The fourth-order valence-electron chi connectivity index (χ4n) is 3.37. The highest BCUT2D eigenvalue weighted by Gasteiger charge is 2.36. The van der Waals surface area contributed by atoms with Crippen LogP contribution in [-0.4, -0.2) is 30.7 Å². The Balaban J connectivity index is 2.16. The molecule has 1 aliphatic rings. The summed E-state index contributed by atoms with van der Waals surface area (Å²) < 4.78 is 1.13. The number of nitrogens with two attached hydrogens (primary N) is 1. The van der Waals surface area contributed by atoms with Crippen LogP contribution < -0.4 is 5.73 Å². The van der Waals surface area contributed by atoms with Gasteiger partial charge >= 0.3 is 0 Å². The number of halogens is 2. The highest BCUT2D eigenvalue weighted by atomic mass is 35.5. The van der Waals surface area contributed by atoms with Crippen LogP contribution in [0.1, 0.15) is 25.3 Å². The summed E-state index contributed by atoms with van der Waals surface area (Å²) in [5, 5.41) is 1.46. The molecule has 1 saturated heterocycles. The van der Waals surface area contributed by atoms with Gasteiger partial charge in [-0.25, -0.2) is 0 Å². The molecule has 4 heteroatoms. The second kappa shape index (κ2) is 6.45. The monoisotopic (exact) mass is 301 g/mol. The average Bonchev–Trinajstić information content (AvgIpc) is 2.71. The van der Waals surface area contributed by atoms with Gasteiger partial charge in [-0.05, 0) is 24.6 Å². The van der Waals surface area contributed by atoms with Crippen molar-refractivity contribution >= 4 is 23.2 Å². The quantitative estimate of drug-likeness (QED) is 0.825. The first-order valence-corrected chi connectivity index (χ1v) is 7.82. The highest BCUT2D eigenvalue weighted by molar-refractivity contribution is 6.34. The zero-order chi connectivity index (χ0) is 13.9. The zero-order valence-corrected chi connectivity index (χ0v) is 13.1. The molecule has 1 heterocycles. The molecule has 1 aromatic rings. The van der Waals surface area contributed by atoms with E-state index in [9.17, 15) is 0 Å². The minimum absolute atomic E-state index is 0.668. The number of benzene rings is 1. The van der Waals surface area contributed by atoms with Crippen LogP contribution in [0.25, 0.3) is 0 Å². The van der Waals surface area contributed by atoms with Crippen LogP contribution >= 0.6 is 23.2 Å². The van der Waals surface area contributed by atoms with Gasteiger partial charge in [-0.15, -0.1) is 0 Å². The largest absolute Gasteiger partial charge is 0.330 e. The van der Waals surface area contributed by atoms with E-state index in [1.165, 1.54) is 38.0 Å². The summed E-state index contributed by atoms with van der Waals surface area (Å²) in [5.41, 5.74) is 7.08. The van der Waals surface area contributed by atoms with Crippen molar-refractivity contribution in [3.05, 3.63) is 33.8 Å². The molecule has 19 heavy (non-hydrogen) atoms. The Morgan fingerprint density at radius 1 is 1.26 bits per heavy atom. The van der Waals surface area contributed by atoms with Gasteiger partial charge in [-0.1, -0.05) is 30.1 Å². The summed E-state index contributed by atoms with van der Waals surface area (Å²) in [6.07, 6.45) is 2.44. The molecule has 0 aliphatic carbocycles. The Labute approximate surface area is 126 Å². The Hall–Kier alpha value is -0.280. The molecule has 0 radical (unpaired) electrons. The molecule has 0 bridgehead atoms. The number of hydrogen-bond acceptors (Lipinski definition) is 1. The molecule has 0 aromatic heterocycles. The highest BCUT2D eigenvalue weighted by Crippen LogP contribution is 2.29. The van der Waals surface area contributed by atoms with Crippen LogP contribution in [0.2, 0.25) is 10.0 Å². The molecule has 0 saturated carbocycles. The lowest BCUT2D eigenvalue weighted by molar-refractivity contribution is -0.931. The van der Waals surface area contributed by atoms with Crippen LogP contribution in [0, 0.1) is 5.92 Å². The predicted molar refractivity (Wildman–Crippen MR) is 82.5 cm³/mol. The molecule has 2 rings (SSSR count). The van der Waals surface area contributed by atoms with E-state index in [4.69, 9.17) is 28.9 Å². The van der Waals surface area contributed by atoms with E-state index in [2.05, 4.69) is 6.92 Å². The van der Waals surface area contributed by atoms with Crippen molar-refractivity contribution in [3.63, 3.8) is 0 Å². The van der Waals surface area contributed by atoms with Crippen LogP contribution in [0.5, 0.6) is 0 Å². The maximum atomic E-state index is 6.10. The van der Waals surface area contributed by atoms with Gasteiger partial charge in [-0.3, -0.25) is 0 Å². The maximum absolute atomic E-state index is 6.10. The van der Waals surface area contributed by atoms with E-state index in [-0.39, 0.29) is 0 Å². The molecular weight excluding hydrogens is 279 g/mol. The van der Waals surface area contributed by atoms with Crippen molar-refractivity contribution in [1.29, 1.82) is 0 Å². The predicted octanol–water partition coefficient (Wildman–Crippen LogP) is 3.70. The molecular formula is C15H23Cl2N2+. The third-order valence-corrected chi connectivity index (χ3v) is 4.57. The van der Waals surface area contributed by atoms with Gasteiger partial charge in [0.25, 0.3) is 0 Å². The Morgan fingerprint density at radius 3 is 2.47 bits per heavy atom.